The Kier molecular flexibility index (Phi) is 7.76. The second-order valence-electron chi connectivity index (χ2n) is 12.1. The second-order valence-corrected chi connectivity index (χ2v) is 12.1. The predicted octanol–water partition coefficient (Wildman–Crippen LogP) is 7.49. The Morgan fingerprint density at radius 2 is 1.74 bits per heavy atom. The van der Waals surface area contributed by atoms with E-state index in [-0.39, 0.29) is 11.3 Å². The number of nitrogens with zero attached hydrogens (tertiary/aromatic N) is 4. The summed E-state index contributed by atoms with van der Waals surface area (Å²) in [5, 5.41) is 4.28. The third kappa shape index (κ3) is 6.19. The first-order chi connectivity index (χ1) is 20.8. The second kappa shape index (κ2) is 11.8. The molecule has 0 saturated carbocycles. The number of carbonyl (C=O) groups is 1. The molecule has 1 N–H and O–H groups in total. The molecule has 0 fully saturated rings. The molecule has 1 amide bonds. The topological polar surface area (TPSA) is 71.0 Å². The lowest BCUT2D eigenvalue weighted by molar-refractivity contribution is 0.0732. The maximum atomic E-state index is 13.5. The van der Waals surface area contributed by atoms with Gasteiger partial charge in [-0.1, -0.05) is 87.5 Å². The first-order valence-corrected chi connectivity index (χ1v) is 14.9. The Morgan fingerprint density at radius 1 is 0.977 bits per heavy atom. The van der Waals surface area contributed by atoms with E-state index >= 15 is 0 Å². The van der Waals surface area contributed by atoms with E-state index in [0.29, 0.717) is 30.9 Å². The number of anilines is 1. The Labute approximate surface area is 253 Å². The summed E-state index contributed by atoms with van der Waals surface area (Å²) >= 11 is 0. The van der Waals surface area contributed by atoms with Crippen molar-refractivity contribution in [3.05, 3.63) is 125 Å². The number of hydrogen-bond acceptors (Lipinski definition) is 5. The van der Waals surface area contributed by atoms with Crippen LogP contribution in [-0.2, 0) is 24.8 Å². The summed E-state index contributed by atoms with van der Waals surface area (Å²) in [4.78, 5) is 29.7. The Morgan fingerprint density at radius 3 is 2.49 bits per heavy atom. The maximum Gasteiger partial charge on any atom is 0.254 e. The van der Waals surface area contributed by atoms with Gasteiger partial charge in [-0.2, -0.15) is 0 Å². The van der Waals surface area contributed by atoms with Gasteiger partial charge in [-0.3, -0.25) is 9.78 Å². The van der Waals surface area contributed by atoms with Crippen molar-refractivity contribution in [2.45, 2.75) is 45.6 Å². The van der Waals surface area contributed by atoms with Crippen LogP contribution in [0.15, 0.2) is 91.1 Å². The highest BCUT2D eigenvalue weighted by molar-refractivity contribution is 5.94. The molecular weight excluding hydrogens is 530 g/mol. The average molecular weight is 568 g/mol. The lowest BCUT2D eigenvalue weighted by atomic mass is 9.87. The van der Waals surface area contributed by atoms with Crippen molar-refractivity contribution in [1.82, 2.24) is 19.9 Å². The number of aromatic nitrogens is 3. The fourth-order valence-corrected chi connectivity index (χ4v) is 5.52. The molecule has 0 spiro atoms. The lowest BCUT2D eigenvalue weighted by Crippen LogP contribution is -2.37. The van der Waals surface area contributed by atoms with Crippen molar-refractivity contribution in [2.24, 2.45) is 0 Å². The summed E-state index contributed by atoms with van der Waals surface area (Å²) in [5.74, 6) is 1.44. The lowest BCUT2D eigenvalue weighted by Gasteiger charge is -2.29. The minimum Gasteiger partial charge on any atom is -0.373 e. The molecule has 216 valence electrons. The third-order valence-corrected chi connectivity index (χ3v) is 8.08. The predicted molar refractivity (Wildman–Crippen MR) is 175 cm³/mol. The van der Waals surface area contributed by atoms with E-state index in [1.54, 1.807) is 0 Å². The number of nitrogens with one attached hydrogen (secondary N) is 1. The third-order valence-electron chi connectivity index (χ3n) is 8.08. The van der Waals surface area contributed by atoms with Gasteiger partial charge >= 0.3 is 0 Å². The highest BCUT2D eigenvalue weighted by atomic mass is 16.2. The number of carbonyl (C=O) groups excluding carboxylic acids is 1. The Balaban J connectivity index is 1.14. The minimum absolute atomic E-state index is 0.0187. The SMILES string of the molecule is CNc1nc(-c2cnc3ccccc3c2)nc2c1CCN(C(=O)c1ccc(C/C=C/c3ccc(C(C)(C)C)cc3)cc1)C2. The molecule has 1 aliphatic heterocycles. The summed E-state index contributed by atoms with van der Waals surface area (Å²) in [6, 6.07) is 26.8. The molecule has 0 unspecified atom stereocenters. The van der Waals surface area contributed by atoms with Crippen LogP contribution in [0.25, 0.3) is 28.4 Å². The Bertz CT molecular complexity index is 1800. The van der Waals surface area contributed by atoms with Crippen LogP contribution in [0, 0.1) is 0 Å². The van der Waals surface area contributed by atoms with E-state index in [0.717, 1.165) is 40.0 Å². The van der Waals surface area contributed by atoms with Gasteiger partial charge in [0, 0.05) is 41.9 Å². The van der Waals surface area contributed by atoms with E-state index in [9.17, 15) is 4.79 Å². The fourth-order valence-electron chi connectivity index (χ4n) is 5.52. The normalized spacial score (nSPS) is 13.3. The maximum absolute atomic E-state index is 13.5. The molecule has 0 aliphatic carbocycles. The minimum atomic E-state index is 0.0187. The number of benzene rings is 3. The van der Waals surface area contributed by atoms with Crippen molar-refractivity contribution < 1.29 is 4.79 Å². The summed E-state index contributed by atoms with van der Waals surface area (Å²) in [6.45, 7) is 7.75. The molecule has 1 aliphatic rings. The largest absolute Gasteiger partial charge is 0.373 e. The highest BCUT2D eigenvalue weighted by Gasteiger charge is 2.26. The number of allylic oxidation sites excluding steroid dienone is 1. The van der Waals surface area contributed by atoms with Crippen molar-refractivity contribution in [1.29, 1.82) is 0 Å². The van der Waals surface area contributed by atoms with E-state index in [1.165, 1.54) is 16.7 Å². The number of fused-ring (bicyclic) bond motifs is 2. The quantitative estimate of drug-likeness (QED) is 0.230. The number of rotatable bonds is 6. The van der Waals surface area contributed by atoms with Gasteiger partial charge in [0.1, 0.15) is 5.82 Å². The smallest absolute Gasteiger partial charge is 0.254 e. The molecule has 0 saturated heterocycles. The van der Waals surface area contributed by atoms with Crippen LogP contribution in [0.2, 0.25) is 0 Å². The molecule has 3 aromatic carbocycles. The number of para-hydroxylation sites is 1. The molecular formula is C37H37N5O. The van der Waals surface area contributed by atoms with Gasteiger partial charge in [-0.05, 0) is 59.2 Å². The molecule has 3 heterocycles. The van der Waals surface area contributed by atoms with Gasteiger partial charge in [-0.15, -0.1) is 0 Å². The van der Waals surface area contributed by atoms with Crippen molar-refractivity contribution in [2.75, 3.05) is 18.9 Å². The van der Waals surface area contributed by atoms with Gasteiger partial charge < -0.3 is 10.2 Å². The van der Waals surface area contributed by atoms with Crippen LogP contribution in [-0.4, -0.2) is 39.4 Å². The van der Waals surface area contributed by atoms with E-state index in [2.05, 4.69) is 73.6 Å². The molecule has 0 bridgehead atoms. The van der Waals surface area contributed by atoms with Crippen LogP contribution in [0.1, 0.15) is 59.1 Å². The number of amides is 1. The standard InChI is InChI=1S/C37H37N5O/c1-37(2,3)30-18-14-26(15-19-30)9-7-8-25-12-16-27(17-13-25)36(43)42-21-20-31-33(24-42)40-34(41-35(31)38-4)29-22-28-10-5-6-11-32(28)39-23-29/h5-7,9-19,22-23H,8,20-21,24H2,1-4H3,(H,38,40,41)/b9-7+. The zero-order valence-corrected chi connectivity index (χ0v) is 25.3. The summed E-state index contributed by atoms with van der Waals surface area (Å²) < 4.78 is 0. The summed E-state index contributed by atoms with van der Waals surface area (Å²) in [5.41, 5.74) is 8.27. The van der Waals surface area contributed by atoms with Gasteiger partial charge in [0.25, 0.3) is 5.91 Å². The molecule has 0 radical (unpaired) electrons. The van der Waals surface area contributed by atoms with Gasteiger partial charge in [0.15, 0.2) is 5.82 Å². The van der Waals surface area contributed by atoms with E-state index in [4.69, 9.17) is 9.97 Å². The van der Waals surface area contributed by atoms with Crippen LogP contribution in [0.4, 0.5) is 5.82 Å². The van der Waals surface area contributed by atoms with Gasteiger partial charge in [-0.25, -0.2) is 9.97 Å². The molecule has 6 rings (SSSR count). The van der Waals surface area contributed by atoms with Crippen LogP contribution >= 0.6 is 0 Å². The van der Waals surface area contributed by atoms with E-state index in [1.807, 2.05) is 66.7 Å². The van der Waals surface area contributed by atoms with Crippen molar-refractivity contribution >= 4 is 28.7 Å². The summed E-state index contributed by atoms with van der Waals surface area (Å²) in [7, 11) is 1.88. The van der Waals surface area contributed by atoms with Crippen LogP contribution in [0.5, 0.6) is 0 Å². The van der Waals surface area contributed by atoms with Gasteiger partial charge in [0.05, 0.1) is 17.8 Å². The summed E-state index contributed by atoms with van der Waals surface area (Å²) in [6.07, 6.45) is 7.65. The van der Waals surface area contributed by atoms with E-state index < -0.39 is 0 Å². The average Bonchev–Trinajstić information content (AvgIpc) is 3.03. The number of pyridine rings is 1. The van der Waals surface area contributed by atoms with Crippen LogP contribution in [0.3, 0.4) is 0 Å². The molecule has 6 heteroatoms. The van der Waals surface area contributed by atoms with Crippen molar-refractivity contribution in [3.63, 3.8) is 0 Å². The highest BCUT2D eigenvalue weighted by Crippen LogP contribution is 2.29. The number of hydrogen-bond donors (Lipinski definition) is 1. The zero-order valence-electron chi connectivity index (χ0n) is 25.3. The Hall–Kier alpha value is -4.84. The molecule has 2 aromatic heterocycles. The van der Waals surface area contributed by atoms with Crippen LogP contribution < -0.4 is 5.32 Å². The van der Waals surface area contributed by atoms with Gasteiger partial charge in [0.2, 0.25) is 0 Å². The molecule has 43 heavy (non-hydrogen) atoms. The molecule has 6 nitrogen and oxygen atoms in total. The molecule has 5 aromatic rings. The fraction of sp³-hybridized carbons (Fsp3) is 0.243. The zero-order chi connectivity index (χ0) is 30.0. The molecule has 0 atom stereocenters. The first kappa shape index (κ1) is 28.3. The monoisotopic (exact) mass is 567 g/mol. The van der Waals surface area contributed by atoms with Crippen molar-refractivity contribution in [3.8, 4) is 11.4 Å². The first-order valence-electron chi connectivity index (χ1n) is 14.9.